The molecular formula is C17H38N2. The zero-order valence-corrected chi connectivity index (χ0v) is 14.1. The average Bonchev–Trinajstić information content (AvgIpc) is 2.44. The average molecular weight is 271 g/mol. The molecule has 0 atom stereocenters. The van der Waals surface area contributed by atoms with Gasteiger partial charge in [0.25, 0.3) is 0 Å². The van der Waals surface area contributed by atoms with Crippen LogP contribution in [0.3, 0.4) is 0 Å². The van der Waals surface area contributed by atoms with Crippen LogP contribution in [0.4, 0.5) is 0 Å². The Bertz CT molecular complexity index is 159. The van der Waals surface area contributed by atoms with Crippen LogP contribution in [0.15, 0.2) is 0 Å². The lowest BCUT2D eigenvalue weighted by atomic mass is 10.2. The number of hydrogen-bond acceptors (Lipinski definition) is 2. The van der Waals surface area contributed by atoms with Gasteiger partial charge in [-0.15, -0.1) is 0 Å². The number of unbranched alkanes of at least 4 members (excludes halogenated alkanes) is 4. The molecule has 0 fully saturated rings. The second kappa shape index (κ2) is 14.3. The summed E-state index contributed by atoms with van der Waals surface area (Å²) in [6.07, 6.45) is 9.53. The second-order valence-corrected chi connectivity index (χ2v) is 5.64. The second-order valence-electron chi connectivity index (χ2n) is 5.64. The van der Waals surface area contributed by atoms with Crippen molar-refractivity contribution >= 4 is 0 Å². The van der Waals surface area contributed by atoms with E-state index in [9.17, 15) is 0 Å². The third kappa shape index (κ3) is 11.4. The smallest absolute Gasteiger partial charge is 0.00187 e. The third-order valence-electron chi connectivity index (χ3n) is 4.00. The lowest BCUT2D eigenvalue weighted by Crippen LogP contribution is -2.27. The molecule has 0 aliphatic carbocycles. The molecule has 0 rings (SSSR count). The fourth-order valence-electron chi connectivity index (χ4n) is 2.49. The van der Waals surface area contributed by atoms with Crippen LogP contribution in [0.5, 0.6) is 0 Å². The highest BCUT2D eigenvalue weighted by Crippen LogP contribution is 2.04. The highest BCUT2D eigenvalue weighted by atomic mass is 15.1. The quantitative estimate of drug-likeness (QED) is 0.432. The molecule has 0 amide bonds. The van der Waals surface area contributed by atoms with Gasteiger partial charge in [-0.25, -0.2) is 0 Å². The molecule has 0 aromatic carbocycles. The van der Waals surface area contributed by atoms with Crippen LogP contribution < -0.4 is 0 Å². The summed E-state index contributed by atoms with van der Waals surface area (Å²) in [5.74, 6) is 0. The van der Waals surface area contributed by atoms with Gasteiger partial charge in [0.05, 0.1) is 0 Å². The van der Waals surface area contributed by atoms with Crippen molar-refractivity contribution in [1.82, 2.24) is 9.80 Å². The van der Waals surface area contributed by atoms with E-state index in [1.807, 2.05) is 0 Å². The summed E-state index contributed by atoms with van der Waals surface area (Å²) >= 11 is 0. The third-order valence-corrected chi connectivity index (χ3v) is 4.00. The summed E-state index contributed by atoms with van der Waals surface area (Å²) in [5, 5.41) is 0. The predicted octanol–water partition coefficient (Wildman–Crippen LogP) is 4.40. The van der Waals surface area contributed by atoms with Crippen LogP contribution in [0.1, 0.15) is 72.6 Å². The van der Waals surface area contributed by atoms with Gasteiger partial charge in [0, 0.05) is 0 Å². The molecule has 0 saturated carbocycles. The van der Waals surface area contributed by atoms with E-state index in [-0.39, 0.29) is 0 Å². The molecule has 0 radical (unpaired) electrons. The van der Waals surface area contributed by atoms with Gasteiger partial charge in [-0.2, -0.15) is 0 Å². The van der Waals surface area contributed by atoms with E-state index >= 15 is 0 Å². The molecule has 0 heterocycles. The van der Waals surface area contributed by atoms with Gasteiger partial charge in [-0.05, 0) is 65.0 Å². The fourth-order valence-corrected chi connectivity index (χ4v) is 2.49. The maximum atomic E-state index is 2.68. The monoisotopic (exact) mass is 270 g/mol. The van der Waals surface area contributed by atoms with Crippen molar-refractivity contribution in [3.05, 3.63) is 0 Å². The van der Waals surface area contributed by atoms with E-state index in [2.05, 4.69) is 37.5 Å². The molecule has 0 saturated heterocycles. The predicted molar refractivity (Wildman–Crippen MR) is 87.9 cm³/mol. The number of rotatable bonds is 14. The molecule has 0 aliphatic heterocycles. The van der Waals surface area contributed by atoms with Crippen LogP contribution >= 0.6 is 0 Å². The Balaban J connectivity index is 3.61. The minimum Gasteiger partial charge on any atom is -0.304 e. The van der Waals surface area contributed by atoms with E-state index in [1.165, 1.54) is 84.2 Å². The normalized spacial score (nSPS) is 11.7. The highest BCUT2D eigenvalue weighted by Gasteiger charge is 2.04. The van der Waals surface area contributed by atoms with Crippen molar-refractivity contribution in [1.29, 1.82) is 0 Å². The summed E-state index contributed by atoms with van der Waals surface area (Å²) in [5.41, 5.74) is 0. The Morgan fingerprint density at radius 2 is 0.895 bits per heavy atom. The number of nitrogens with zero attached hydrogens (tertiary/aromatic N) is 2. The first-order valence-electron chi connectivity index (χ1n) is 8.73. The van der Waals surface area contributed by atoms with Crippen molar-refractivity contribution in [2.75, 3.05) is 39.3 Å². The Morgan fingerprint density at radius 1 is 0.474 bits per heavy atom. The van der Waals surface area contributed by atoms with Gasteiger partial charge in [0.1, 0.15) is 0 Å². The molecule has 19 heavy (non-hydrogen) atoms. The van der Waals surface area contributed by atoms with E-state index in [1.54, 1.807) is 0 Å². The summed E-state index contributed by atoms with van der Waals surface area (Å²) < 4.78 is 0. The van der Waals surface area contributed by atoms with Crippen LogP contribution in [-0.4, -0.2) is 49.1 Å². The molecule has 0 aliphatic rings. The Morgan fingerprint density at radius 3 is 1.32 bits per heavy atom. The lowest BCUT2D eigenvalue weighted by Gasteiger charge is -2.22. The first-order valence-corrected chi connectivity index (χ1v) is 8.73. The first-order chi connectivity index (χ1) is 9.28. The molecule has 116 valence electrons. The van der Waals surface area contributed by atoms with Gasteiger partial charge in [-0.1, -0.05) is 47.0 Å². The van der Waals surface area contributed by atoms with Crippen molar-refractivity contribution < 1.29 is 0 Å². The first kappa shape index (κ1) is 18.9. The fraction of sp³-hybridized carbons (Fsp3) is 1.00. The zero-order chi connectivity index (χ0) is 14.3. The molecule has 2 nitrogen and oxygen atoms in total. The summed E-state index contributed by atoms with van der Waals surface area (Å²) in [6, 6.07) is 0. The standard InChI is InChI=1S/C17H38N2/c1-5-9-14-19(15-10-6-2)17-13-11-12-16-18(7-3)8-4/h5-17H2,1-4H3. The lowest BCUT2D eigenvalue weighted by molar-refractivity contribution is 0.252. The molecule has 2 heteroatoms. The highest BCUT2D eigenvalue weighted by molar-refractivity contribution is 4.59. The summed E-state index contributed by atoms with van der Waals surface area (Å²) in [7, 11) is 0. The zero-order valence-electron chi connectivity index (χ0n) is 14.1. The van der Waals surface area contributed by atoms with E-state index in [0.717, 1.165) is 0 Å². The van der Waals surface area contributed by atoms with Crippen LogP contribution in [0.2, 0.25) is 0 Å². The molecular weight excluding hydrogens is 232 g/mol. The molecule has 0 unspecified atom stereocenters. The van der Waals surface area contributed by atoms with Crippen molar-refractivity contribution in [3.63, 3.8) is 0 Å². The molecule has 0 N–H and O–H groups in total. The Hall–Kier alpha value is -0.0800. The Kier molecular flexibility index (Phi) is 14.3. The van der Waals surface area contributed by atoms with Crippen molar-refractivity contribution in [2.45, 2.75) is 72.6 Å². The molecule has 0 spiro atoms. The van der Waals surface area contributed by atoms with Gasteiger partial charge >= 0.3 is 0 Å². The maximum Gasteiger partial charge on any atom is -0.00187 e. The topological polar surface area (TPSA) is 6.48 Å². The van der Waals surface area contributed by atoms with Crippen LogP contribution in [0.25, 0.3) is 0 Å². The van der Waals surface area contributed by atoms with Crippen LogP contribution in [0, 0.1) is 0 Å². The van der Waals surface area contributed by atoms with E-state index in [4.69, 9.17) is 0 Å². The van der Waals surface area contributed by atoms with Crippen molar-refractivity contribution in [2.24, 2.45) is 0 Å². The SMILES string of the molecule is CCCCN(CCCC)CCCCCN(CC)CC. The Labute approximate surface area is 122 Å². The molecule has 0 aromatic rings. The summed E-state index contributed by atoms with van der Waals surface area (Å²) in [6.45, 7) is 16.8. The molecule has 0 bridgehead atoms. The van der Waals surface area contributed by atoms with Crippen LogP contribution in [-0.2, 0) is 0 Å². The van der Waals surface area contributed by atoms with E-state index in [0.29, 0.717) is 0 Å². The van der Waals surface area contributed by atoms with E-state index < -0.39 is 0 Å². The van der Waals surface area contributed by atoms with Gasteiger partial charge < -0.3 is 9.80 Å². The van der Waals surface area contributed by atoms with Gasteiger partial charge in [-0.3, -0.25) is 0 Å². The van der Waals surface area contributed by atoms with Crippen molar-refractivity contribution in [3.8, 4) is 0 Å². The largest absolute Gasteiger partial charge is 0.304 e. The summed E-state index contributed by atoms with van der Waals surface area (Å²) in [4.78, 5) is 5.22. The molecule has 0 aromatic heterocycles. The van der Waals surface area contributed by atoms with Gasteiger partial charge in [0.2, 0.25) is 0 Å². The minimum absolute atomic E-state index is 1.20. The number of hydrogen-bond donors (Lipinski definition) is 0. The maximum absolute atomic E-state index is 2.68. The minimum atomic E-state index is 1.20. The van der Waals surface area contributed by atoms with Gasteiger partial charge in [0.15, 0.2) is 0 Å².